The van der Waals surface area contributed by atoms with Gasteiger partial charge < -0.3 is 0 Å². The standard InChI is InChI=1S/C25H25N5O/c1-17-6-4-5-7-22(17)23(15-24(28-31)21-12-13-26-18(2)14-21)19-8-10-20(11-9-19)25-16-30(3)29-27-25/h4-14,16,23-24H,15H2,1-3H3/t23-,24?/m1/s1. The second-order valence-electron chi connectivity index (χ2n) is 7.90. The Morgan fingerprint density at radius 1 is 1.00 bits per heavy atom. The molecule has 2 atom stereocenters. The molecule has 0 aliphatic carbocycles. The first-order valence-corrected chi connectivity index (χ1v) is 10.3. The van der Waals surface area contributed by atoms with Crippen LogP contribution in [0.15, 0.2) is 78.2 Å². The minimum atomic E-state index is -0.453. The van der Waals surface area contributed by atoms with Crippen LogP contribution in [0.3, 0.4) is 0 Å². The van der Waals surface area contributed by atoms with E-state index in [1.54, 1.807) is 10.9 Å². The summed E-state index contributed by atoms with van der Waals surface area (Å²) in [6.07, 6.45) is 4.22. The van der Waals surface area contributed by atoms with Gasteiger partial charge in [-0.15, -0.1) is 5.10 Å². The first-order chi connectivity index (χ1) is 15.0. The Kier molecular flexibility index (Phi) is 5.98. The third-order valence-electron chi connectivity index (χ3n) is 5.67. The van der Waals surface area contributed by atoms with Crippen molar-refractivity contribution >= 4 is 0 Å². The van der Waals surface area contributed by atoms with Gasteiger partial charge in [0, 0.05) is 30.4 Å². The number of aromatic nitrogens is 4. The van der Waals surface area contributed by atoms with Crippen molar-refractivity contribution in [3.05, 3.63) is 106 Å². The highest BCUT2D eigenvalue weighted by Gasteiger charge is 2.23. The number of nitrogens with zero attached hydrogens (tertiary/aromatic N) is 5. The van der Waals surface area contributed by atoms with E-state index >= 15 is 0 Å². The number of pyridine rings is 1. The van der Waals surface area contributed by atoms with Crippen LogP contribution in [0.4, 0.5) is 0 Å². The zero-order chi connectivity index (χ0) is 21.8. The molecule has 1 unspecified atom stereocenters. The summed E-state index contributed by atoms with van der Waals surface area (Å²) in [5, 5.41) is 11.7. The van der Waals surface area contributed by atoms with Crippen molar-refractivity contribution in [2.45, 2.75) is 32.2 Å². The maximum atomic E-state index is 11.9. The normalized spacial score (nSPS) is 13.0. The molecule has 4 rings (SSSR count). The summed E-state index contributed by atoms with van der Waals surface area (Å²) < 4.78 is 1.69. The number of benzene rings is 2. The van der Waals surface area contributed by atoms with Crippen molar-refractivity contribution in [2.75, 3.05) is 0 Å². The lowest BCUT2D eigenvalue weighted by Crippen LogP contribution is -2.09. The summed E-state index contributed by atoms with van der Waals surface area (Å²) in [7, 11) is 1.85. The number of hydrogen-bond donors (Lipinski definition) is 0. The van der Waals surface area contributed by atoms with Crippen LogP contribution < -0.4 is 0 Å². The molecule has 0 radical (unpaired) electrons. The fraction of sp³-hybridized carbons (Fsp3) is 0.240. The average Bonchev–Trinajstić information content (AvgIpc) is 3.22. The first-order valence-electron chi connectivity index (χ1n) is 10.3. The predicted molar refractivity (Wildman–Crippen MR) is 122 cm³/mol. The van der Waals surface area contributed by atoms with Gasteiger partial charge in [-0.05, 0) is 54.7 Å². The van der Waals surface area contributed by atoms with Crippen molar-refractivity contribution in [1.82, 2.24) is 20.0 Å². The van der Waals surface area contributed by atoms with Crippen molar-refractivity contribution in [3.8, 4) is 11.3 Å². The predicted octanol–water partition coefficient (Wildman–Crippen LogP) is 5.52. The minimum Gasteiger partial charge on any atom is -0.262 e. The molecule has 0 saturated heterocycles. The van der Waals surface area contributed by atoms with Gasteiger partial charge in [-0.1, -0.05) is 58.9 Å². The van der Waals surface area contributed by atoms with Crippen molar-refractivity contribution < 1.29 is 0 Å². The number of nitroso groups, excluding NO2 is 1. The molecule has 0 saturated carbocycles. The van der Waals surface area contributed by atoms with Gasteiger partial charge in [0.05, 0.1) is 6.20 Å². The van der Waals surface area contributed by atoms with E-state index in [-0.39, 0.29) is 5.92 Å². The minimum absolute atomic E-state index is 0.0354. The molecule has 0 bridgehead atoms. The van der Waals surface area contributed by atoms with Crippen LogP contribution in [0.25, 0.3) is 11.3 Å². The van der Waals surface area contributed by atoms with Gasteiger partial charge in [0.25, 0.3) is 0 Å². The zero-order valence-electron chi connectivity index (χ0n) is 17.9. The average molecular weight is 412 g/mol. The fourth-order valence-electron chi connectivity index (χ4n) is 4.02. The summed E-state index contributed by atoms with van der Waals surface area (Å²) >= 11 is 0. The van der Waals surface area contributed by atoms with Crippen LogP contribution in [0.2, 0.25) is 0 Å². The van der Waals surface area contributed by atoms with Gasteiger partial charge in [0.15, 0.2) is 0 Å². The lowest BCUT2D eigenvalue weighted by Gasteiger charge is -2.23. The highest BCUT2D eigenvalue weighted by atomic mass is 16.3. The molecule has 0 aliphatic rings. The van der Waals surface area contributed by atoms with E-state index < -0.39 is 6.04 Å². The van der Waals surface area contributed by atoms with Gasteiger partial charge in [-0.3, -0.25) is 9.67 Å². The molecule has 0 amide bonds. The molecule has 6 heteroatoms. The van der Waals surface area contributed by atoms with Crippen LogP contribution in [0, 0.1) is 18.8 Å². The Morgan fingerprint density at radius 2 is 1.77 bits per heavy atom. The highest BCUT2D eigenvalue weighted by molar-refractivity contribution is 5.58. The summed E-state index contributed by atoms with van der Waals surface area (Å²) in [6.45, 7) is 4.03. The van der Waals surface area contributed by atoms with Gasteiger partial charge in [-0.25, -0.2) is 0 Å². The summed E-state index contributed by atoms with van der Waals surface area (Å²) in [5.74, 6) is 0.0354. The molecular formula is C25H25N5O. The molecule has 0 spiro atoms. The molecular weight excluding hydrogens is 386 g/mol. The maximum Gasteiger partial charge on any atom is 0.118 e. The highest BCUT2D eigenvalue weighted by Crippen LogP contribution is 2.37. The van der Waals surface area contributed by atoms with E-state index in [4.69, 9.17) is 0 Å². The zero-order valence-corrected chi connectivity index (χ0v) is 17.9. The van der Waals surface area contributed by atoms with Crippen LogP contribution in [-0.4, -0.2) is 20.0 Å². The third-order valence-corrected chi connectivity index (χ3v) is 5.67. The Labute approximate surface area is 182 Å². The summed E-state index contributed by atoms with van der Waals surface area (Å²) in [6, 6.07) is 20.0. The van der Waals surface area contributed by atoms with E-state index in [1.165, 1.54) is 11.1 Å². The monoisotopic (exact) mass is 411 g/mol. The Bertz CT molecular complexity index is 1180. The topological polar surface area (TPSA) is 73.0 Å². The van der Waals surface area contributed by atoms with Gasteiger partial charge in [-0.2, -0.15) is 4.91 Å². The largest absolute Gasteiger partial charge is 0.262 e. The SMILES string of the molecule is Cc1cc(C(C[C@H](c2ccc(-c3cn(C)nn3)cc2)c2ccccc2C)N=O)ccn1. The molecule has 156 valence electrons. The fourth-order valence-corrected chi connectivity index (χ4v) is 4.02. The maximum absolute atomic E-state index is 11.9. The smallest absolute Gasteiger partial charge is 0.118 e. The second kappa shape index (κ2) is 9.00. The molecule has 0 fully saturated rings. The van der Waals surface area contributed by atoms with E-state index in [0.717, 1.165) is 28.1 Å². The van der Waals surface area contributed by atoms with E-state index in [9.17, 15) is 4.91 Å². The van der Waals surface area contributed by atoms with Crippen LogP contribution in [0.5, 0.6) is 0 Å². The molecule has 0 aliphatic heterocycles. The molecule has 31 heavy (non-hydrogen) atoms. The van der Waals surface area contributed by atoms with Crippen LogP contribution >= 0.6 is 0 Å². The lowest BCUT2D eigenvalue weighted by atomic mass is 9.82. The molecule has 2 aromatic carbocycles. The van der Waals surface area contributed by atoms with E-state index in [1.807, 2.05) is 44.4 Å². The van der Waals surface area contributed by atoms with Crippen LogP contribution in [-0.2, 0) is 7.05 Å². The third kappa shape index (κ3) is 4.58. The van der Waals surface area contributed by atoms with E-state index in [2.05, 4.69) is 63.8 Å². The molecule has 4 aromatic rings. The van der Waals surface area contributed by atoms with Gasteiger partial charge >= 0.3 is 0 Å². The van der Waals surface area contributed by atoms with Gasteiger partial charge in [0.2, 0.25) is 0 Å². The van der Waals surface area contributed by atoms with Crippen molar-refractivity contribution in [1.29, 1.82) is 0 Å². The Hall–Kier alpha value is -3.67. The Morgan fingerprint density at radius 3 is 2.42 bits per heavy atom. The van der Waals surface area contributed by atoms with E-state index in [0.29, 0.717) is 6.42 Å². The summed E-state index contributed by atoms with van der Waals surface area (Å²) in [5.41, 5.74) is 7.16. The molecule has 2 heterocycles. The number of rotatable bonds is 7. The van der Waals surface area contributed by atoms with Crippen LogP contribution in [0.1, 0.15) is 46.3 Å². The van der Waals surface area contributed by atoms with Crippen molar-refractivity contribution in [3.63, 3.8) is 0 Å². The molecule has 2 aromatic heterocycles. The second-order valence-corrected chi connectivity index (χ2v) is 7.90. The van der Waals surface area contributed by atoms with Crippen molar-refractivity contribution in [2.24, 2.45) is 12.2 Å². The molecule has 6 nitrogen and oxygen atoms in total. The Balaban J connectivity index is 1.71. The molecule has 0 N–H and O–H groups in total. The summed E-state index contributed by atoms with van der Waals surface area (Å²) in [4.78, 5) is 16.1. The lowest BCUT2D eigenvalue weighted by molar-refractivity contribution is 0.591. The number of aryl methyl sites for hydroxylation is 3. The first kappa shape index (κ1) is 20.6. The van der Waals surface area contributed by atoms with Gasteiger partial charge in [0.1, 0.15) is 11.7 Å². The quantitative estimate of drug-likeness (QED) is 0.375. The number of hydrogen-bond acceptors (Lipinski definition) is 5.